The molecule has 0 aromatic heterocycles. The predicted molar refractivity (Wildman–Crippen MR) is 70.3 cm³/mol. The van der Waals surface area contributed by atoms with Crippen LogP contribution in [0.3, 0.4) is 0 Å². The standard InChI is InChI=1S/C15H24O3/c1-3-4-5-7-15(17-11-12-18-15)14(9-10-14)8-6-13(2)16/h6,8H,3-5,7,9-12H2,1-2H3. The molecule has 0 unspecified atom stereocenters. The van der Waals surface area contributed by atoms with Gasteiger partial charge in [-0.25, -0.2) is 0 Å². The van der Waals surface area contributed by atoms with Crippen LogP contribution in [0, 0.1) is 5.41 Å². The number of unbranched alkanes of at least 4 members (excludes halogenated alkanes) is 2. The molecule has 2 rings (SSSR count). The van der Waals surface area contributed by atoms with Gasteiger partial charge in [0.25, 0.3) is 0 Å². The zero-order valence-corrected chi connectivity index (χ0v) is 11.5. The van der Waals surface area contributed by atoms with E-state index in [1.54, 1.807) is 13.0 Å². The molecule has 1 heterocycles. The van der Waals surface area contributed by atoms with Crippen molar-refractivity contribution in [2.45, 2.75) is 58.2 Å². The van der Waals surface area contributed by atoms with E-state index in [1.165, 1.54) is 12.8 Å². The number of hydrogen-bond donors (Lipinski definition) is 0. The number of carbonyl (C=O) groups excluding carboxylic acids is 1. The van der Waals surface area contributed by atoms with Crippen molar-refractivity contribution >= 4 is 5.78 Å². The van der Waals surface area contributed by atoms with E-state index in [4.69, 9.17) is 9.47 Å². The van der Waals surface area contributed by atoms with Crippen LogP contribution in [0.25, 0.3) is 0 Å². The summed E-state index contributed by atoms with van der Waals surface area (Å²) >= 11 is 0. The van der Waals surface area contributed by atoms with Gasteiger partial charge in [0.15, 0.2) is 11.6 Å². The Bertz CT molecular complexity index is 323. The van der Waals surface area contributed by atoms with Crippen LogP contribution >= 0.6 is 0 Å². The topological polar surface area (TPSA) is 35.5 Å². The molecule has 0 amide bonds. The van der Waals surface area contributed by atoms with Gasteiger partial charge in [-0.05, 0) is 32.3 Å². The average molecular weight is 252 g/mol. The van der Waals surface area contributed by atoms with Crippen LogP contribution in [0.4, 0.5) is 0 Å². The molecule has 0 radical (unpaired) electrons. The lowest BCUT2D eigenvalue weighted by Crippen LogP contribution is -2.40. The molecular weight excluding hydrogens is 228 g/mol. The minimum Gasteiger partial charge on any atom is -0.347 e. The summed E-state index contributed by atoms with van der Waals surface area (Å²) in [5.41, 5.74) is -0.0388. The van der Waals surface area contributed by atoms with Crippen molar-refractivity contribution < 1.29 is 14.3 Å². The first-order valence-electron chi connectivity index (χ1n) is 7.12. The number of ketones is 1. The van der Waals surface area contributed by atoms with Crippen LogP contribution in [0.2, 0.25) is 0 Å². The summed E-state index contributed by atoms with van der Waals surface area (Å²) in [4.78, 5) is 11.1. The maximum absolute atomic E-state index is 11.1. The molecule has 0 spiro atoms. The molecule has 1 saturated heterocycles. The summed E-state index contributed by atoms with van der Waals surface area (Å²) in [5, 5.41) is 0. The van der Waals surface area contributed by atoms with Gasteiger partial charge in [-0.1, -0.05) is 25.8 Å². The summed E-state index contributed by atoms with van der Waals surface area (Å²) < 4.78 is 11.9. The van der Waals surface area contributed by atoms with E-state index in [2.05, 4.69) is 6.92 Å². The number of rotatable bonds is 7. The van der Waals surface area contributed by atoms with E-state index in [-0.39, 0.29) is 11.2 Å². The molecule has 102 valence electrons. The minimum atomic E-state index is -0.450. The van der Waals surface area contributed by atoms with Gasteiger partial charge in [-0.2, -0.15) is 0 Å². The third-order valence-electron chi connectivity index (χ3n) is 4.05. The summed E-state index contributed by atoms with van der Waals surface area (Å²) in [5.74, 6) is -0.350. The second-order valence-electron chi connectivity index (χ2n) is 5.51. The zero-order chi connectivity index (χ0) is 13.1. The van der Waals surface area contributed by atoms with E-state index < -0.39 is 5.79 Å². The fourth-order valence-electron chi connectivity index (χ4n) is 2.83. The minimum absolute atomic E-state index is 0.0388. The first-order chi connectivity index (χ1) is 8.64. The monoisotopic (exact) mass is 252 g/mol. The van der Waals surface area contributed by atoms with Crippen LogP contribution < -0.4 is 0 Å². The van der Waals surface area contributed by atoms with Gasteiger partial charge < -0.3 is 9.47 Å². The molecule has 0 bridgehead atoms. The Morgan fingerprint density at radius 3 is 2.39 bits per heavy atom. The normalized spacial score (nSPS) is 24.6. The Hall–Kier alpha value is -0.670. The van der Waals surface area contributed by atoms with Gasteiger partial charge >= 0.3 is 0 Å². The lowest BCUT2D eigenvalue weighted by Gasteiger charge is -2.34. The van der Waals surface area contributed by atoms with Gasteiger partial charge in [0.05, 0.1) is 13.2 Å². The highest BCUT2D eigenvalue weighted by molar-refractivity contribution is 5.87. The molecule has 3 heteroatoms. The smallest absolute Gasteiger partial charge is 0.177 e. The van der Waals surface area contributed by atoms with Crippen LogP contribution in [0.15, 0.2) is 12.2 Å². The average Bonchev–Trinajstić information content (AvgIpc) is 3.00. The molecule has 1 saturated carbocycles. The Balaban J connectivity index is 2.07. The molecule has 1 aliphatic carbocycles. The second kappa shape index (κ2) is 5.54. The van der Waals surface area contributed by atoms with Crippen molar-refractivity contribution in [3.63, 3.8) is 0 Å². The van der Waals surface area contributed by atoms with Crippen molar-refractivity contribution in [1.82, 2.24) is 0 Å². The van der Waals surface area contributed by atoms with Crippen molar-refractivity contribution in [1.29, 1.82) is 0 Å². The molecule has 3 nitrogen and oxygen atoms in total. The Labute approximate surface area is 110 Å². The third-order valence-corrected chi connectivity index (χ3v) is 4.05. The zero-order valence-electron chi connectivity index (χ0n) is 11.5. The Morgan fingerprint density at radius 2 is 1.89 bits per heavy atom. The Morgan fingerprint density at radius 1 is 1.22 bits per heavy atom. The van der Waals surface area contributed by atoms with E-state index >= 15 is 0 Å². The fraction of sp³-hybridized carbons (Fsp3) is 0.800. The van der Waals surface area contributed by atoms with Gasteiger partial charge in [0, 0.05) is 11.8 Å². The third kappa shape index (κ3) is 2.67. The molecule has 2 fully saturated rings. The van der Waals surface area contributed by atoms with Gasteiger partial charge in [0.1, 0.15) is 0 Å². The number of hydrogen-bond acceptors (Lipinski definition) is 3. The van der Waals surface area contributed by atoms with Crippen LogP contribution in [0.5, 0.6) is 0 Å². The molecule has 18 heavy (non-hydrogen) atoms. The number of ether oxygens (including phenoxy) is 2. The van der Waals surface area contributed by atoms with Crippen molar-refractivity contribution in [2.75, 3.05) is 13.2 Å². The highest BCUT2D eigenvalue weighted by atomic mass is 16.7. The fourth-order valence-corrected chi connectivity index (χ4v) is 2.83. The van der Waals surface area contributed by atoms with Crippen molar-refractivity contribution in [2.24, 2.45) is 5.41 Å². The van der Waals surface area contributed by atoms with Crippen molar-refractivity contribution in [3.8, 4) is 0 Å². The highest BCUT2D eigenvalue weighted by Crippen LogP contribution is 2.60. The summed E-state index contributed by atoms with van der Waals surface area (Å²) in [6.45, 7) is 5.15. The van der Waals surface area contributed by atoms with Crippen LogP contribution in [-0.2, 0) is 14.3 Å². The molecule has 0 atom stereocenters. The molecule has 0 N–H and O–H groups in total. The molecule has 0 aromatic carbocycles. The maximum atomic E-state index is 11.1. The maximum Gasteiger partial charge on any atom is 0.177 e. The predicted octanol–water partition coefficient (Wildman–Crippen LogP) is 3.24. The van der Waals surface area contributed by atoms with Crippen LogP contribution in [0.1, 0.15) is 52.4 Å². The summed E-state index contributed by atoms with van der Waals surface area (Å²) in [6, 6.07) is 0. The second-order valence-corrected chi connectivity index (χ2v) is 5.51. The highest BCUT2D eigenvalue weighted by Gasteiger charge is 2.61. The van der Waals surface area contributed by atoms with Crippen molar-refractivity contribution in [3.05, 3.63) is 12.2 Å². The largest absolute Gasteiger partial charge is 0.347 e. The number of allylic oxidation sites excluding steroid dienone is 1. The van der Waals surface area contributed by atoms with Gasteiger partial charge in [-0.3, -0.25) is 4.79 Å². The first kappa shape index (κ1) is 13.8. The van der Waals surface area contributed by atoms with Crippen LogP contribution in [-0.4, -0.2) is 24.8 Å². The summed E-state index contributed by atoms with van der Waals surface area (Å²) in [7, 11) is 0. The van der Waals surface area contributed by atoms with E-state index in [0.29, 0.717) is 13.2 Å². The summed E-state index contributed by atoms with van der Waals surface area (Å²) in [6.07, 6.45) is 10.3. The number of carbonyl (C=O) groups is 1. The van der Waals surface area contributed by atoms with Gasteiger partial charge in [0.2, 0.25) is 0 Å². The quantitative estimate of drug-likeness (QED) is 0.515. The van der Waals surface area contributed by atoms with E-state index in [9.17, 15) is 4.79 Å². The Kier molecular flexibility index (Phi) is 4.23. The SMILES string of the molecule is CCCCCC1(C2(C=CC(C)=O)CC2)OCCO1. The molecule has 2 aliphatic rings. The lowest BCUT2D eigenvalue weighted by atomic mass is 9.89. The lowest BCUT2D eigenvalue weighted by molar-refractivity contribution is -0.199. The van der Waals surface area contributed by atoms with E-state index in [0.717, 1.165) is 25.7 Å². The molecule has 1 aliphatic heterocycles. The van der Waals surface area contributed by atoms with E-state index in [1.807, 2.05) is 6.08 Å². The molecular formula is C15H24O3. The molecule has 0 aromatic rings. The first-order valence-corrected chi connectivity index (χ1v) is 7.12. The van der Waals surface area contributed by atoms with Gasteiger partial charge in [-0.15, -0.1) is 0 Å².